The topological polar surface area (TPSA) is 41.1 Å². The lowest BCUT2D eigenvalue weighted by Crippen LogP contribution is -2.43. The molecule has 0 aromatic carbocycles. The molecule has 0 heterocycles. The van der Waals surface area contributed by atoms with E-state index in [1.165, 1.54) is 25.7 Å². The number of carbonyl (C=O) groups excluding carboxylic acids is 1. The fraction of sp³-hybridized carbons (Fsp3) is 0.933. The zero-order valence-electron chi connectivity index (χ0n) is 12.3. The van der Waals surface area contributed by atoms with E-state index in [0.29, 0.717) is 18.6 Å². The molecule has 1 aliphatic carbocycles. The molecule has 0 aromatic heterocycles. The Morgan fingerprint density at radius 1 is 1.11 bits per heavy atom. The van der Waals surface area contributed by atoms with Crippen molar-refractivity contribution in [1.29, 1.82) is 0 Å². The van der Waals surface area contributed by atoms with Gasteiger partial charge in [-0.05, 0) is 38.5 Å². The van der Waals surface area contributed by atoms with Gasteiger partial charge < -0.3 is 10.6 Å². The lowest BCUT2D eigenvalue weighted by molar-refractivity contribution is -0.121. The average molecular weight is 254 g/mol. The van der Waals surface area contributed by atoms with E-state index in [0.717, 1.165) is 25.2 Å². The molecule has 0 aliphatic heterocycles. The summed E-state index contributed by atoms with van der Waals surface area (Å²) in [7, 11) is 0. The number of hydrogen-bond acceptors (Lipinski definition) is 2. The van der Waals surface area contributed by atoms with Crippen molar-refractivity contribution < 1.29 is 4.79 Å². The Morgan fingerprint density at radius 2 is 1.78 bits per heavy atom. The van der Waals surface area contributed by atoms with Gasteiger partial charge in [-0.25, -0.2) is 0 Å². The first kappa shape index (κ1) is 15.5. The van der Waals surface area contributed by atoms with Crippen LogP contribution in [0.4, 0.5) is 0 Å². The standard InChI is InChI=1S/C15H30N2O/c1-12(2)9-10-13(3)16-11-15(18)17-14-7-5-4-6-8-14/h12-14,16H,4-11H2,1-3H3,(H,17,18)/t13-/m1/s1. The van der Waals surface area contributed by atoms with Crippen molar-refractivity contribution in [3.05, 3.63) is 0 Å². The van der Waals surface area contributed by atoms with Crippen LogP contribution in [0, 0.1) is 5.92 Å². The molecular formula is C15H30N2O. The number of nitrogens with one attached hydrogen (secondary N) is 2. The van der Waals surface area contributed by atoms with E-state index in [1.807, 2.05) is 0 Å². The normalized spacial score (nSPS) is 18.9. The molecule has 18 heavy (non-hydrogen) atoms. The van der Waals surface area contributed by atoms with Gasteiger partial charge in [0.25, 0.3) is 0 Å². The van der Waals surface area contributed by atoms with E-state index < -0.39 is 0 Å². The van der Waals surface area contributed by atoms with Gasteiger partial charge in [-0.15, -0.1) is 0 Å². The smallest absolute Gasteiger partial charge is 0.234 e. The molecule has 1 fully saturated rings. The van der Waals surface area contributed by atoms with Crippen LogP contribution in [-0.4, -0.2) is 24.5 Å². The predicted octanol–water partition coefficient (Wildman–Crippen LogP) is 2.85. The Hall–Kier alpha value is -0.570. The lowest BCUT2D eigenvalue weighted by Gasteiger charge is -2.23. The molecule has 1 aliphatic rings. The minimum absolute atomic E-state index is 0.165. The van der Waals surface area contributed by atoms with Gasteiger partial charge in [0.1, 0.15) is 0 Å². The summed E-state index contributed by atoms with van der Waals surface area (Å²) in [4.78, 5) is 11.8. The van der Waals surface area contributed by atoms with E-state index in [9.17, 15) is 4.79 Å². The van der Waals surface area contributed by atoms with Crippen LogP contribution in [0.3, 0.4) is 0 Å². The van der Waals surface area contributed by atoms with Gasteiger partial charge in [-0.1, -0.05) is 33.1 Å². The summed E-state index contributed by atoms with van der Waals surface area (Å²) in [6, 6.07) is 0.864. The van der Waals surface area contributed by atoms with E-state index in [1.54, 1.807) is 0 Å². The van der Waals surface area contributed by atoms with Crippen molar-refractivity contribution in [1.82, 2.24) is 10.6 Å². The van der Waals surface area contributed by atoms with E-state index in [4.69, 9.17) is 0 Å². The van der Waals surface area contributed by atoms with Crippen LogP contribution in [0.15, 0.2) is 0 Å². The van der Waals surface area contributed by atoms with E-state index >= 15 is 0 Å². The molecule has 3 heteroatoms. The molecule has 0 spiro atoms. The first-order chi connectivity index (χ1) is 8.58. The lowest BCUT2D eigenvalue weighted by atomic mass is 9.95. The molecule has 0 radical (unpaired) electrons. The van der Waals surface area contributed by atoms with Crippen LogP contribution in [0.1, 0.15) is 65.7 Å². The van der Waals surface area contributed by atoms with Crippen LogP contribution in [0.5, 0.6) is 0 Å². The second-order valence-corrected chi connectivity index (χ2v) is 6.16. The van der Waals surface area contributed by atoms with Gasteiger partial charge in [0.05, 0.1) is 6.54 Å². The summed E-state index contributed by atoms with van der Waals surface area (Å²) in [5, 5.41) is 6.45. The van der Waals surface area contributed by atoms with Gasteiger partial charge in [-0.3, -0.25) is 4.79 Å². The zero-order valence-corrected chi connectivity index (χ0v) is 12.3. The monoisotopic (exact) mass is 254 g/mol. The summed E-state index contributed by atoms with van der Waals surface area (Å²) in [5.41, 5.74) is 0. The molecule has 0 unspecified atom stereocenters. The number of carbonyl (C=O) groups is 1. The Labute approximate surface area is 112 Å². The molecule has 1 rings (SSSR count). The number of rotatable bonds is 7. The van der Waals surface area contributed by atoms with E-state index in [-0.39, 0.29) is 5.91 Å². The van der Waals surface area contributed by atoms with Gasteiger partial charge in [0.15, 0.2) is 0 Å². The molecule has 106 valence electrons. The molecule has 1 saturated carbocycles. The molecule has 1 amide bonds. The Balaban J connectivity index is 2.08. The van der Waals surface area contributed by atoms with Crippen molar-refractivity contribution in [3.63, 3.8) is 0 Å². The van der Waals surface area contributed by atoms with Crippen LogP contribution in [0.25, 0.3) is 0 Å². The molecule has 3 nitrogen and oxygen atoms in total. The fourth-order valence-electron chi connectivity index (χ4n) is 2.48. The summed E-state index contributed by atoms with van der Waals surface area (Å²) in [6.07, 6.45) is 8.55. The van der Waals surface area contributed by atoms with Crippen molar-refractivity contribution in [2.45, 2.75) is 77.8 Å². The second kappa shape index (κ2) is 8.52. The predicted molar refractivity (Wildman–Crippen MR) is 76.6 cm³/mol. The SMILES string of the molecule is CC(C)CC[C@@H](C)NCC(=O)NC1CCCCC1. The largest absolute Gasteiger partial charge is 0.352 e. The minimum atomic E-state index is 0.165. The first-order valence-corrected chi connectivity index (χ1v) is 7.60. The van der Waals surface area contributed by atoms with E-state index in [2.05, 4.69) is 31.4 Å². The quantitative estimate of drug-likeness (QED) is 0.733. The highest BCUT2D eigenvalue weighted by Crippen LogP contribution is 2.17. The third kappa shape index (κ3) is 7.00. The van der Waals surface area contributed by atoms with Gasteiger partial charge in [0, 0.05) is 12.1 Å². The van der Waals surface area contributed by atoms with Crippen molar-refractivity contribution in [3.8, 4) is 0 Å². The summed E-state index contributed by atoms with van der Waals surface area (Å²) >= 11 is 0. The van der Waals surface area contributed by atoms with Crippen LogP contribution in [0.2, 0.25) is 0 Å². The molecule has 1 atom stereocenters. The van der Waals surface area contributed by atoms with Crippen LogP contribution in [-0.2, 0) is 4.79 Å². The summed E-state index contributed by atoms with van der Waals surface area (Å²) in [6.45, 7) is 7.11. The number of amides is 1. The first-order valence-electron chi connectivity index (χ1n) is 7.60. The average Bonchev–Trinajstić information content (AvgIpc) is 2.35. The third-order valence-corrected chi connectivity index (χ3v) is 3.76. The zero-order chi connectivity index (χ0) is 13.4. The van der Waals surface area contributed by atoms with Gasteiger partial charge in [-0.2, -0.15) is 0 Å². The maximum atomic E-state index is 11.8. The highest BCUT2D eigenvalue weighted by Gasteiger charge is 2.15. The Morgan fingerprint density at radius 3 is 2.39 bits per heavy atom. The minimum Gasteiger partial charge on any atom is -0.352 e. The Kier molecular flexibility index (Phi) is 7.33. The van der Waals surface area contributed by atoms with Crippen LogP contribution < -0.4 is 10.6 Å². The van der Waals surface area contributed by atoms with Crippen molar-refractivity contribution >= 4 is 5.91 Å². The highest BCUT2D eigenvalue weighted by atomic mass is 16.1. The number of hydrogen-bond donors (Lipinski definition) is 2. The molecule has 0 saturated heterocycles. The fourth-order valence-corrected chi connectivity index (χ4v) is 2.48. The molecule has 0 bridgehead atoms. The third-order valence-electron chi connectivity index (χ3n) is 3.76. The molecule has 0 aromatic rings. The summed E-state index contributed by atoms with van der Waals surface area (Å²) in [5.74, 6) is 0.906. The van der Waals surface area contributed by atoms with Crippen LogP contribution >= 0.6 is 0 Å². The molecular weight excluding hydrogens is 224 g/mol. The maximum absolute atomic E-state index is 11.8. The second-order valence-electron chi connectivity index (χ2n) is 6.16. The van der Waals surface area contributed by atoms with Crippen molar-refractivity contribution in [2.75, 3.05) is 6.54 Å². The highest BCUT2D eigenvalue weighted by molar-refractivity contribution is 5.78. The van der Waals surface area contributed by atoms with Gasteiger partial charge >= 0.3 is 0 Å². The Bertz CT molecular complexity index is 235. The maximum Gasteiger partial charge on any atom is 0.234 e. The molecule has 2 N–H and O–H groups in total. The van der Waals surface area contributed by atoms with Crippen molar-refractivity contribution in [2.24, 2.45) is 5.92 Å². The summed E-state index contributed by atoms with van der Waals surface area (Å²) < 4.78 is 0. The van der Waals surface area contributed by atoms with Gasteiger partial charge in [0.2, 0.25) is 5.91 Å².